The van der Waals surface area contributed by atoms with Crippen molar-refractivity contribution in [2.24, 2.45) is 0 Å². The summed E-state index contributed by atoms with van der Waals surface area (Å²) in [6.45, 7) is 5.67. The molecule has 0 unspecified atom stereocenters. The first kappa shape index (κ1) is 21.7. The van der Waals surface area contributed by atoms with Crippen LogP contribution in [0.2, 0.25) is 0 Å². The summed E-state index contributed by atoms with van der Waals surface area (Å²) in [6.07, 6.45) is 5.77. The van der Waals surface area contributed by atoms with E-state index in [9.17, 15) is 9.59 Å². The fourth-order valence-electron chi connectivity index (χ4n) is 3.63. The lowest BCUT2D eigenvalue weighted by Crippen LogP contribution is -2.32. The third kappa shape index (κ3) is 5.58. The molecule has 2 fully saturated rings. The Morgan fingerprint density at radius 1 is 1.13 bits per heavy atom. The van der Waals surface area contributed by atoms with Gasteiger partial charge in [-0.05, 0) is 70.2 Å². The molecule has 0 bridgehead atoms. The summed E-state index contributed by atoms with van der Waals surface area (Å²) in [6, 6.07) is 7.18. The highest BCUT2D eigenvalue weighted by Gasteiger charge is 2.32. The van der Waals surface area contributed by atoms with Crippen molar-refractivity contribution in [3.05, 3.63) is 29.8 Å². The predicted molar refractivity (Wildman–Crippen MR) is 121 cm³/mol. The highest BCUT2D eigenvalue weighted by Crippen LogP contribution is 2.41. The minimum Gasteiger partial charge on any atom is -0.459 e. The van der Waals surface area contributed by atoms with Crippen molar-refractivity contribution in [3.63, 3.8) is 0 Å². The summed E-state index contributed by atoms with van der Waals surface area (Å²) >= 11 is 1.42. The molecule has 1 saturated heterocycles. The number of nitrogens with one attached hydrogen (secondary N) is 1. The number of anilines is 2. The van der Waals surface area contributed by atoms with Crippen LogP contribution in [0, 0.1) is 0 Å². The average molecular weight is 444 g/mol. The zero-order chi connectivity index (χ0) is 21.8. The maximum atomic E-state index is 12.5. The van der Waals surface area contributed by atoms with Gasteiger partial charge in [-0.1, -0.05) is 11.8 Å². The highest BCUT2D eigenvalue weighted by atomic mass is 32.2. The first-order chi connectivity index (χ1) is 15.0. The quantitative estimate of drug-likeness (QED) is 0.489. The number of nitrogens with zero attached hydrogens (tertiary/aromatic N) is 4. The van der Waals surface area contributed by atoms with Crippen molar-refractivity contribution >= 4 is 35.3 Å². The van der Waals surface area contributed by atoms with E-state index in [4.69, 9.17) is 4.74 Å². The lowest BCUT2D eigenvalue weighted by atomic mass is 10.1. The number of rotatable bonds is 8. The van der Waals surface area contributed by atoms with Crippen LogP contribution in [0.5, 0.6) is 0 Å². The first-order valence-electron chi connectivity index (χ1n) is 10.9. The van der Waals surface area contributed by atoms with Gasteiger partial charge < -0.3 is 15.0 Å². The number of thioether (sulfide) groups is 1. The molecule has 9 heteroatoms. The normalized spacial score (nSPS) is 16.4. The Bertz CT molecular complexity index is 918. The van der Waals surface area contributed by atoms with Crippen molar-refractivity contribution in [2.45, 2.75) is 63.3 Å². The van der Waals surface area contributed by atoms with E-state index in [-0.39, 0.29) is 23.7 Å². The molecule has 4 rings (SSSR count). The highest BCUT2D eigenvalue weighted by molar-refractivity contribution is 7.99. The Kier molecular flexibility index (Phi) is 6.80. The van der Waals surface area contributed by atoms with Crippen LogP contribution in [0.3, 0.4) is 0 Å². The standard InChI is InChI=1S/C22H29N5O3S/c1-15(2)30-20(29)16-6-8-17(9-7-16)23-19(28)14-31-22-25-24-21(27(22)18-10-11-18)26-12-4-3-5-13-26/h6-9,15,18H,3-5,10-14H2,1-2H3,(H,23,28). The van der Waals surface area contributed by atoms with Gasteiger partial charge in [-0.25, -0.2) is 4.79 Å². The molecule has 1 saturated carbocycles. The monoisotopic (exact) mass is 443 g/mol. The van der Waals surface area contributed by atoms with Crippen molar-refractivity contribution in [1.29, 1.82) is 0 Å². The van der Waals surface area contributed by atoms with Crippen LogP contribution in [0.4, 0.5) is 11.6 Å². The van der Waals surface area contributed by atoms with Crippen molar-refractivity contribution < 1.29 is 14.3 Å². The number of amides is 1. The van der Waals surface area contributed by atoms with E-state index in [1.54, 1.807) is 24.3 Å². The molecular formula is C22H29N5O3S. The van der Waals surface area contributed by atoms with Gasteiger partial charge in [0.1, 0.15) is 0 Å². The molecule has 1 aromatic carbocycles. The Balaban J connectivity index is 1.34. The number of piperidine rings is 1. The van der Waals surface area contributed by atoms with E-state index in [0.29, 0.717) is 17.3 Å². The number of hydrogen-bond acceptors (Lipinski definition) is 7. The number of esters is 1. The third-order valence-electron chi connectivity index (χ3n) is 5.28. The molecule has 1 aliphatic carbocycles. The fourth-order valence-corrected chi connectivity index (χ4v) is 4.43. The van der Waals surface area contributed by atoms with E-state index in [0.717, 1.165) is 37.0 Å². The summed E-state index contributed by atoms with van der Waals surface area (Å²) in [5, 5.41) is 12.5. The number of hydrogen-bond donors (Lipinski definition) is 1. The molecule has 0 spiro atoms. The minimum atomic E-state index is -0.368. The second kappa shape index (κ2) is 9.72. The number of carbonyl (C=O) groups is 2. The summed E-state index contributed by atoms with van der Waals surface area (Å²) < 4.78 is 7.40. The largest absolute Gasteiger partial charge is 0.459 e. The molecule has 2 aromatic rings. The van der Waals surface area contributed by atoms with E-state index >= 15 is 0 Å². The maximum absolute atomic E-state index is 12.5. The van der Waals surface area contributed by atoms with Crippen LogP contribution in [0.25, 0.3) is 0 Å². The van der Waals surface area contributed by atoms with E-state index in [1.165, 1.54) is 31.0 Å². The summed E-state index contributed by atoms with van der Waals surface area (Å²) in [7, 11) is 0. The van der Waals surface area contributed by atoms with Crippen LogP contribution in [0.15, 0.2) is 29.4 Å². The number of benzene rings is 1. The molecule has 2 heterocycles. The molecule has 1 amide bonds. The second-order valence-corrected chi connectivity index (χ2v) is 9.24. The number of ether oxygens (including phenoxy) is 1. The Labute approximate surface area is 186 Å². The van der Waals surface area contributed by atoms with Crippen LogP contribution in [0.1, 0.15) is 62.4 Å². The third-order valence-corrected chi connectivity index (χ3v) is 6.22. The molecule has 1 aromatic heterocycles. The predicted octanol–water partition coefficient (Wildman–Crippen LogP) is 3.90. The Morgan fingerprint density at radius 2 is 1.84 bits per heavy atom. The van der Waals surface area contributed by atoms with E-state index in [2.05, 4.69) is 25.0 Å². The summed E-state index contributed by atoms with van der Waals surface area (Å²) in [5.41, 5.74) is 1.10. The second-order valence-electron chi connectivity index (χ2n) is 8.30. The van der Waals surface area contributed by atoms with E-state index in [1.807, 2.05) is 13.8 Å². The van der Waals surface area contributed by atoms with E-state index < -0.39 is 0 Å². The fraction of sp³-hybridized carbons (Fsp3) is 0.545. The van der Waals surface area contributed by atoms with Gasteiger partial charge in [-0.15, -0.1) is 10.2 Å². The van der Waals surface area contributed by atoms with Crippen molar-refractivity contribution in [3.8, 4) is 0 Å². The van der Waals surface area contributed by atoms with Gasteiger partial charge in [0.15, 0.2) is 5.16 Å². The van der Waals surface area contributed by atoms with Crippen LogP contribution in [-0.4, -0.2) is 51.6 Å². The molecule has 1 N–H and O–H groups in total. The molecular weight excluding hydrogens is 414 g/mol. The van der Waals surface area contributed by atoms with Gasteiger partial charge in [-0.2, -0.15) is 0 Å². The number of aromatic nitrogens is 3. The minimum absolute atomic E-state index is 0.118. The summed E-state index contributed by atoms with van der Waals surface area (Å²) in [4.78, 5) is 26.7. The van der Waals surface area contributed by atoms with Crippen LogP contribution < -0.4 is 10.2 Å². The van der Waals surface area contributed by atoms with Crippen LogP contribution >= 0.6 is 11.8 Å². The summed E-state index contributed by atoms with van der Waals surface area (Å²) in [5.74, 6) is 0.718. The first-order valence-corrected chi connectivity index (χ1v) is 11.9. The molecule has 166 valence electrons. The molecule has 2 aliphatic rings. The zero-order valence-corrected chi connectivity index (χ0v) is 18.9. The van der Waals surface area contributed by atoms with Gasteiger partial charge in [0.25, 0.3) is 0 Å². The lowest BCUT2D eigenvalue weighted by Gasteiger charge is -2.27. The smallest absolute Gasteiger partial charge is 0.338 e. The zero-order valence-electron chi connectivity index (χ0n) is 18.0. The van der Waals surface area contributed by atoms with Crippen molar-refractivity contribution in [1.82, 2.24) is 14.8 Å². The molecule has 1 aliphatic heterocycles. The van der Waals surface area contributed by atoms with Gasteiger partial charge in [0.05, 0.1) is 17.4 Å². The van der Waals surface area contributed by atoms with Gasteiger partial charge >= 0.3 is 5.97 Å². The van der Waals surface area contributed by atoms with Gasteiger partial charge in [0.2, 0.25) is 11.9 Å². The van der Waals surface area contributed by atoms with Crippen LogP contribution in [-0.2, 0) is 9.53 Å². The van der Waals surface area contributed by atoms with Gasteiger partial charge in [-0.3, -0.25) is 9.36 Å². The topological polar surface area (TPSA) is 89.3 Å². The molecule has 0 atom stereocenters. The maximum Gasteiger partial charge on any atom is 0.338 e. The molecule has 0 radical (unpaired) electrons. The molecule has 31 heavy (non-hydrogen) atoms. The SMILES string of the molecule is CC(C)OC(=O)c1ccc(NC(=O)CSc2nnc(N3CCCCC3)n2C2CC2)cc1. The van der Waals surface area contributed by atoms with Gasteiger partial charge in [0, 0.05) is 24.8 Å². The Morgan fingerprint density at radius 3 is 2.48 bits per heavy atom. The average Bonchev–Trinajstić information content (AvgIpc) is 3.51. The Hall–Kier alpha value is -2.55. The number of carbonyl (C=O) groups excluding carboxylic acids is 2. The lowest BCUT2D eigenvalue weighted by molar-refractivity contribution is -0.113. The molecule has 8 nitrogen and oxygen atoms in total. The van der Waals surface area contributed by atoms with Crippen molar-refractivity contribution in [2.75, 3.05) is 29.1 Å².